The number of thiazole rings is 1. The summed E-state index contributed by atoms with van der Waals surface area (Å²) >= 11 is 1.59. The average Bonchev–Trinajstić information content (AvgIpc) is 3.31. The molecular weight excluding hydrogens is 372 g/mol. The summed E-state index contributed by atoms with van der Waals surface area (Å²) in [5.41, 5.74) is 1.88. The van der Waals surface area contributed by atoms with Gasteiger partial charge in [-0.15, -0.1) is 0 Å². The summed E-state index contributed by atoms with van der Waals surface area (Å²) in [6, 6.07) is 12.0. The van der Waals surface area contributed by atoms with Gasteiger partial charge < -0.3 is 9.64 Å². The van der Waals surface area contributed by atoms with Crippen LogP contribution in [0.1, 0.15) is 25.7 Å². The second kappa shape index (κ2) is 9.01. The standard InChI is InChI=1S/C21H24N4O2S/c26-21-24(13-14-25(21)17-8-7-11-22-16-17)12-5-1-2-6-15-27-20-23-18-9-3-4-10-19(18)28-20/h3-4,7-11,16H,1-2,5-6,12-15H2. The van der Waals surface area contributed by atoms with Crippen molar-refractivity contribution in [2.24, 2.45) is 0 Å². The van der Waals surface area contributed by atoms with Gasteiger partial charge in [0.2, 0.25) is 0 Å². The number of benzene rings is 1. The molecule has 1 aliphatic heterocycles. The molecule has 2 amide bonds. The van der Waals surface area contributed by atoms with Crippen LogP contribution in [0.4, 0.5) is 10.5 Å². The fourth-order valence-corrected chi connectivity index (χ4v) is 4.21. The number of ether oxygens (including phenoxy) is 1. The Balaban J connectivity index is 1.11. The maximum absolute atomic E-state index is 12.5. The molecule has 1 aliphatic rings. The number of pyridine rings is 1. The van der Waals surface area contributed by atoms with E-state index in [1.54, 1.807) is 28.6 Å². The molecule has 1 saturated heterocycles. The number of unbranched alkanes of at least 4 members (excludes halogenated alkanes) is 3. The fourth-order valence-electron chi connectivity index (χ4n) is 3.37. The first-order valence-corrected chi connectivity index (χ1v) is 10.6. The molecule has 0 saturated carbocycles. The maximum Gasteiger partial charge on any atom is 0.324 e. The van der Waals surface area contributed by atoms with E-state index in [1.807, 2.05) is 35.2 Å². The van der Waals surface area contributed by atoms with Gasteiger partial charge in [0, 0.05) is 25.8 Å². The topological polar surface area (TPSA) is 58.6 Å². The van der Waals surface area contributed by atoms with E-state index in [4.69, 9.17) is 4.74 Å². The maximum atomic E-state index is 12.5. The Morgan fingerprint density at radius 2 is 1.93 bits per heavy atom. The van der Waals surface area contributed by atoms with Crippen LogP contribution in [0.15, 0.2) is 48.8 Å². The molecule has 0 unspecified atom stereocenters. The molecular formula is C21H24N4O2S. The van der Waals surface area contributed by atoms with Gasteiger partial charge in [-0.25, -0.2) is 9.78 Å². The van der Waals surface area contributed by atoms with Gasteiger partial charge in [0.15, 0.2) is 0 Å². The molecule has 3 heterocycles. The first-order valence-electron chi connectivity index (χ1n) is 9.76. The van der Waals surface area contributed by atoms with Crippen molar-refractivity contribution in [3.63, 3.8) is 0 Å². The zero-order valence-corrected chi connectivity index (χ0v) is 16.6. The van der Waals surface area contributed by atoms with E-state index in [2.05, 4.69) is 16.0 Å². The van der Waals surface area contributed by atoms with Crippen molar-refractivity contribution in [3.8, 4) is 5.19 Å². The van der Waals surface area contributed by atoms with E-state index in [1.165, 1.54) is 0 Å². The normalized spacial score (nSPS) is 14.2. The number of anilines is 1. The smallest absolute Gasteiger partial charge is 0.324 e. The third-order valence-corrected chi connectivity index (χ3v) is 5.82. The van der Waals surface area contributed by atoms with Crippen LogP contribution in [-0.2, 0) is 0 Å². The molecule has 0 aliphatic carbocycles. The van der Waals surface area contributed by atoms with Crippen LogP contribution in [0.3, 0.4) is 0 Å². The van der Waals surface area contributed by atoms with Crippen LogP contribution < -0.4 is 9.64 Å². The van der Waals surface area contributed by atoms with Gasteiger partial charge in [-0.3, -0.25) is 9.88 Å². The first-order chi connectivity index (χ1) is 13.8. The first kappa shape index (κ1) is 18.7. The number of fused-ring (bicyclic) bond motifs is 1. The van der Waals surface area contributed by atoms with Crippen molar-refractivity contribution in [2.75, 3.05) is 31.1 Å². The molecule has 2 aromatic heterocycles. The molecule has 146 valence electrons. The Morgan fingerprint density at radius 3 is 2.79 bits per heavy atom. The molecule has 3 aromatic rings. The van der Waals surface area contributed by atoms with Crippen LogP contribution in [0, 0.1) is 0 Å². The lowest BCUT2D eigenvalue weighted by molar-refractivity contribution is 0.219. The summed E-state index contributed by atoms with van der Waals surface area (Å²) in [6.45, 7) is 3.03. The molecule has 7 heteroatoms. The number of hydrogen-bond acceptors (Lipinski definition) is 5. The molecule has 1 aromatic carbocycles. The molecule has 0 radical (unpaired) electrons. The van der Waals surface area contributed by atoms with Crippen LogP contribution in [0.5, 0.6) is 5.19 Å². The summed E-state index contributed by atoms with van der Waals surface area (Å²) in [4.78, 5) is 24.8. The highest BCUT2D eigenvalue weighted by atomic mass is 32.1. The van der Waals surface area contributed by atoms with Crippen LogP contribution in [0.25, 0.3) is 10.2 Å². The highest BCUT2D eigenvalue weighted by Crippen LogP contribution is 2.27. The molecule has 1 fully saturated rings. The van der Waals surface area contributed by atoms with Gasteiger partial charge in [-0.05, 0) is 43.5 Å². The van der Waals surface area contributed by atoms with E-state index in [-0.39, 0.29) is 6.03 Å². The van der Waals surface area contributed by atoms with Crippen molar-refractivity contribution < 1.29 is 9.53 Å². The lowest BCUT2D eigenvalue weighted by atomic mass is 10.2. The van der Waals surface area contributed by atoms with Crippen LogP contribution >= 0.6 is 11.3 Å². The van der Waals surface area contributed by atoms with Crippen LogP contribution in [0.2, 0.25) is 0 Å². The van der Waals surface area contributed by atoms with E-state index in [9.17, 15) is 4.79 Å². The zero-order valence-electron chi connectivity index (χ0n) is 15.8. The van der Waals surface area contributed by atoms with Gasteiger partial charge in [0.25, 0.3) is 5.19 Å². The Hall–Kier alpha value is -2.67. The van der Waals surface area contributed by atoms with Crippen molar-refractivity contribution in [2.45, 2.75) is 25.7 Å². The number of carbonyl (C=O) groups is 1. The Bertz CT molecular complexity index is 882. The van der Waals surface area contributed by atoms with E-state index in [0.29, 0.717) is 6.61 Å². The number of nitrogens with zero attached hydrogens (tertiary/aromatic N) is 4. The Kier molecular flexibility index (Phi) is 6.01. The number of amides is 2. The van der Waals surface area contributed by atoms with E-state index < -0.39 is 0 Å². The molecule has 0 spiro atoms. The van der Waals surface area contributed by atoms with Gasteiger partial charge in [0.05, 0.1) is 28.7 Å². The molecule has 0 bridgehead atoms. The largest absolute Gasteiger partial charge is 0.470 e. The Labute approximate surface area is 168 Å². The lowest BCUT2D eigenvalue weighted by Crippen LogP contribution is -2.32. The summed E-state index contributed by atoms with van der Waals surface area (Å²) in [7, 11) is 0. The molecule has 4 rings (SSSR count). The number of hydrogen-bond donors (Lipinski definition) is 0. The second-order valence-corrected chi connectivity index (χ2v) is 7.84. The average molecular weight is 397 g/mol. The third-order valence-electron chi connectivity index (χ3n) is 4.87. The SMILES string of the molecule is O=C1N(CCCCCCOc2nc3ccccc3s2)CCN1c1cccnc1. The summed E-state index contributed by atoms with van der Waals surface area (Å²) in [5.74, 6) is 0. The minimum atomic E-state index is 0.0900. The highest BCUT2D eigenvalue weighted by molar-refractivity contribution is 7.20. The number of urea groups is 1. The van der Waals surface area contributed by atoms with Crippen molar-refractivity contribution in [1.29, 1.82) is 0 Å². The minimum Gasteiger partial charge on any atom is -0.470 e. The number of rotatable bonds is 9. The summed E-state index contributed by atoms with van der Waals surface area (Å²) < 4.78 is 6.94. The van der Waals surface area contributed by atoms with Gasteiger partial charge in [-0.2, -0.15) is 0 Å². The third kappa shape index (κ3) is 4.42. The van der Waals surface area contributed by atoms with Gasteiger partial charge in [0.1, 0.15) is 0 Å². The molecule has 6 nitrogen and oxygen atoms in total. The predicted octanol–water partition coefficient (Wildman–Crippen LogP) is 4.57. The molecule has 28 heavy (non-hydrogen) atoms. The fraction of sp³-hybridized carbons (Fsp3) is 0.381. The minimum absolute atomic E-state index is 0.0900. The van der Waals surface area contributed by atoms with Crippen molar-refractivity contribution in [1.82, 2.24) is 14.9 Å². The quantitative estimate of drug-likeness (QED) is 0.497. The second-order valence-electron chi connectivity index (χ2n) is 6.84. The van der Waals surface area contributed by atoms with Gasteiger partial charge >= 0.3 is 6.03 Å². The van der Waals surface area contributed by atoms with E-state index in [0.717, 1.165) is 66.4 Å². The number of para-hydroxylation sites is 1. The summed E-state index contributed by atoms with van der Waals surface area (Å²) in [5, 5.41) is 0.749. The number of aromatic nitrogens is 2. The zero-order chi connectivity index (χ0) is 19.2. The lowest BCUT2D eigenvalue weighted by Gasteiger charge is -2.18. The Morgan fingerprint density at radius 1 is 1.04 bits per heavy atom. The van der Waals surface area contributed by atoms with E-state index >= 15 is 0 Å². The predicted molar refractivity (Wildman–Crippen MR) is 112 cm³/mol. The van der Waals surface area contributed by atoms with Crippen molar-refractivity contribution >= 4 is 33.3 Å². The highest BCUT2D eigenvalue weighted by Gasteiger charge is 2.28. The molecule has 0 N–H and O–H groups in total. The van der Waals surface area contributed by atoms with Crippen LogP contribution in [-0.4, -0.2) is 47.1 Å². The molecule has 0 atom stereocenters. The number of carbonyl (C=O) groups excluding carboxylic acids is 1. The monoisotopic (exact) mass is 396 g/mol. The van der Waals surface area contributed by atoms with Gasteiger partial charge in [-0.1, -0.05) is 29.9 Å². The summed E-state index contributed by atoms with van der Waals surface area (Å²) in [6.07, 6.45) is 7.69. The van der Waals surface area contributed by atoms with Crippen molar-refractivity contribution in [3.05, 3.63) is 48.8 Å².